The Kier molecular flexibility index (Phi) is 7.31. The second kappa shape index (κ2) is 9.24. The van der Waals surface area contributed by atoms with Crippen molar-refractivity contribution in [2.45, 2.75) is 31.0 Å². The van der Waals surface area contributed by atoms with Crippen molar-refractivity contribution in [3.05, 3.63) is 64.1 Å². The van der Waals surface area contributed by atoms with Gasteiger partial charge < -0.3 is 4.74 Å². The Morgan fingerprint density at radius 1 is 1.04 bits per heavy atom. The standard InChI is InChI=1S/C19H20Br2O2/c1-2-16(20)4-3-13-23-18-11-7-15(8-12-18)19(22)14-5-9-17(21)10-6-14/h5-12,16H,2-4,13H2,1H3. The summed E-state index contributed by atoms with van der Waals surface area (Å²) in [7, 11) is 0. The first-order valence-electron chi connectivity index (χ1n) is 7.77. The van der Waals surface area contributed by atoms with Crippen LogP contribution in [0.3, 0.4) is 0 Å². The van der Waals surface area contributed by atoms with E-state index in [1.807, 2.05) is 48.5 Å². The van der Waals surface area contributed by atoms with Gasteiger partial charge in [-0.15, -0.1) is 0 Å². The third kappa shape index (κ3) is 5.78. The first-order chi connectivity index (χ1) is 11.1. The summed E-state index contributed by atoms with van der Waals surface area (Å²) in [6.07, 6.45) is 3.26. The number of carbonyl (C=O) groups is 1. The highest BCUT2D eigenvalue weighted by molar-refractivity contribution is 9.10. The molecule has 2 rings (SSSR count). The molecule has 0 aliphatic rings. The molecule has 0 saturated heterocycles. The van der Waals surface area contributed by atoms with Crippen LogP contribution in [0.15, 0.2) is 53.0 Å². The van der Waals surface area contributed by atoms with Gasteiger partial charge in [0.05, 0.1) is 6.61 Å². The summed E-state index contributed by atoms with van der Waals surface area (Å²) in [5.41, 5.74) is 1.36. The van der Waals surface area contributed by atoms with Gasteiger partial charge in [-0.2, -0.15) is 0 Å². The number of alkyl halides is 1. The number of halogens is 2. The molecule has 4 heteroatoms. The van der Waals surface area contributed by atoms with Crippen LogP contribution in [0.5, 0.6) is 5.75 Å². The summed E-state index contributed by atoms with van der Waals surface area (Å²) in [6.45, 7) is 2.86. The summed E-state index contributed by atoms with van der Waals surface area (Å²) in [6, 6.07) is 14.7. The largest absolute Gasteiger partial charge is 0.494 e. The monoisotopic (exact) mass is 438 g/mol. The van der Waals surface area contributed by atoms with Gasteiger partial charge in [0, 0.05) is 20.4 Å². The van der Waals surface area contributed by atoms with Crippen molar-refractivity contribution in [3.8, 4) is 5.75 Å². The van der Waals surface area contributed by atoms with Gasteiger partial charge in [0.25, 0.3) is 0 Å². The fraction of sp³-hybridized carbons (Fsp3) is 0.316. The smallest absolute Gasteiger partial charge is 0.193 e. The maximum atomic E-state index is 12.4. The number of hydrogen-bond donors (Lipinski definition) is 0. The lowest BCUT2D eigenvalue weighted by Crippen LogP contribution is -2.03. The number of hydrogen-bond acceptors (Lipinski definition) is 2. The van der Waals surface area contributed by atoms with Gasteiger partial charge in [-0.25, -0.2) is 0 Å². The fourth-order valence-electron chi connectivity index (χ4n) is 2.17. The predicted octanol–water partition coefficient (Wildman–Crippen LogP) is 6.01. The average Bonchev–Trinajstić information content (AvgIpc) is 2.59. The van der Waals surface area contributed by atoms with Crippen LogP contribution < -0.4 is 4.74 Å². The van der Waals surface area contributed by atoms with Crippen LogP contribution in [0.4, 0.5) is 0 Å². The molecule has 0 radical (unpaired) electrons. The number of rotatable bonds is 8. The SMILES string of the molecule is CCC(Br)CCCOc1ccc(C(=O)c2ccc(Br)cc2)cc1. The van der Waals surface area contributed by atoms with Gasteiger partial charge in [0.2, 0.25) is 0 Å². The number of carbonyl (C=O) groups excluding carboxylic acids is 1. The van der Waals surface area contributed by atoms with Crippen molar-refractivity contribution in [2.24, 2.45) is 0 Å². The summed E-state index contributed by atoms with van der Waals surface area (Å²) in [5, 5.41) is 0. The molecule has 0 fully saturated rings. The van der Waals surface area contributed by atoms with E-state index in [1.54, 1.807) is 0 Å². The summed E-state index contributed by atoms with van der Waals surface area (Å²) in [5.74, 6) is 0.828. The Bertz CT molecular complexity index is 621. The van der Waals surface area contributed by atoms with E-state index < -0.39 is 0 Å². The lowest BCUT2D eigenvalue weighted by atomic mass is 10.0. The summed E-state index contributed by atoms with van der Waals surface area (Å²) >= 11 is 6.99. The Morgan fingerprint density at radius 2 is 1.61 bits per heavy atom. The van der Waals surface area contributed by atoms with Crippen LogP contribution >= 0.6 is 31.9 Å². The van der Waals surface area contributed by atoms with E-state index in [0.717, 1.165) is 29.5 Å². The Balaban J connectivity index is 1.89. The van der Waals surface area contributed by atoms with Crippen molar-refractivity contribution in [2.75, 3.05) is 6.61 Å². The van der Waals surface area contributed by atoms with Crippen molar-refractivity contribution in [1.82, 2.24) is 0 Å². The second-order valence-electron chi connectivity index (χ2n) is 5.36. The van der Waals surface area contributed by atoms with Gasteiger partial charge in [-0.1, -0.05) is 38.8 Å². The van der Waals surface area contributed by atoms with E-state index in [2.05, 4.69) is 38.8 Å². The molecular formula is C19H20Br2O2. The van der Waals surface area contributed by atoms with E-state index in [0.29, 0.717) is 22.6 Å². The molecule has 0 saturated carbocycles. The van der Waals surface area contributed by atoms with Crippen LogP contribution in [0.25, 0.3) is 0 Å². The minimum Gasteiger partial charge on any atom is -0.494 e. The van der Waals surface area contributed by atoms with Crippen LogP contribution in [-0.2, 0) is 0 Å². The summed E-state index contributed by atoms with van der Waals surface area (Å²) < 4.78 is 6.68. The molecule has 23 heavy (non-hydrogen) atoms. The third-order valence-electron chi connectivity index (χ3n) is 3.60. The molecule has 2 nitrogen and oxygen atoms in total. The Morgan fingerprint density at radius 3 is 2.17 bits per heavy atom. The van der Waals surface area contributed by atoms with Crippen LogP contribution in [-0.4, -0.2) is 17.2 Å². The minimum atomic E-state index is 0.0223. The normalized spacial score (nSPS) is 12.0. The van der Waals surface area contributed by atoms with Gasteiger partial charge in [0.15, 0.2) is 5.78 Å². The lowest BCUT2D eigenvalue weighted by molar-refractivity contribution is 0.103. The van der Waals surface area contributed by atoms with Crippen LogP contribution in [0, 0.1) is 0 Å². The quantitative estimate of drug-likeness (QED) is 0.286. The van der Waals surface area contributed by atoms with E-state index in [4.69, 9.17) is 4.74 Å². The number of ketones is 1. The topological polar surface area (TPSA) is 26.3 Å². The first-order valence-corrected chi connectivity index (χ1v) is 9.48. The van der Waals surface area contributed by atoms with Crippen molar-refractivity contribution >= 4 is 37.6 Å². The first kappa shape index (κ1) is 18.2. The zero-order chi connectivity index (χ0) is 16.7. The Hall–Kier alpha value is -1.13. The highest BCUT2D eigenvalue weighted by atomic mass is 79.9. The zero-order valence-corrected chi connectivity index (χ0v) is 16.3. The molecule has 0 aliphatic carbocycles. The second-order valence-corrected chi connectivity index (χ2v) is 7.57. The predicted molar refractivity (Wildman–Crippen MR) is 102 cm³/mol. The molecule has 0 aromatic heterocycles. The molecule has 0 N–H and O–H groups in total. The van der Waals surface area contributed by atoms with Gasteiger partial charge in [0.1, 0.15) is 5.75 Å². The molecule has 1 atom stereocenters. The van der Waals surface area contributed by atoms with Gasteiger partial charge in [-0.3, -0.25) is 4.79 Å². The minimum absolute atomic E-state index is 0.0223. The molecule has 0 heterocycles. The van der Waals surface area contributed by atoms with Crippen molar-refractivity contribution in [1.29, 1.82) is 0 Å². The highest BCUT2D eigenvalue weighted by Gasteiger charge is 2.09. The number of ether oxygens (including phenoxy) is 1. The molecule has 1 unspecified atom stereocenters. The van der Waals surface area contributed by atoms with Crippen LogP contribution in [0.2, 0.25) is 0 Å². The molecule has 2 aromatic rings. The molecular weight excluding hydrogens is 420 g/mol. The molecule has 122 valence electrons. The van der Waals surface area contributed by atoms with E-state index in [-0.39, 0.29) is 5.78 Å². The summed E-state index contributed by atoms with van der Waals surface area (Å²) in [4.78, 5) is 12.9. The fourth-order valence-corrected chi connectivity index (χ4v) is 2.76. The maximum absolute atomic E-state index is 12.4. The van der Waals surface area contributed by atoms with E-state index >= 15 is 0 Å². The highest BCUT2D eigenvalue weighted by Crippen LogP contribution is 2.18. The van der Waals surface area contributed by atoms with Crippen molar-refractivity contribution < 1.29 is 9.53 Å². The molecule has 0 spiro atoms. The Labute approximate surface area is 154 Å². The zero-order valence-electron chi connectivity index (χ0n) is 13.1. The van der Waals surface area contributed by atoms with Gasteiger partial charge in [-0.05, 0) is 67.8 Å². The number of benzene rings is 2. The van der Waals surface area contributed by atoms with E-state index in [9.17, 15) is 4.79 Å². The molecule has 0 aliphatic heterocycles. The van der Waals surface area contributed by atoms with Crippen molar-refractivity contribution in [3.63, 3.8) is 0 Å². The lowest BCUT2D eigenvalue weighted by Gasteiger charge is -2.09. The molecule has 2 aromatic carbocycles. The third-order valence-corrected chi connectivity index (χ3v) is 5.23. The average molecular weight is 440 g/mol. The van der Waals surface area contributed by atoms with Crippen LogP contribution in [0.1, 0.15) is 42.1 Å². The molecule has 0 bridgehead atoms. The maximum Gasteiger partial charge on any atom is 0.193 e. The van der Waals surface area contributed by atoms with E-state index in [1.165, 1.54) is 0 Å². The van der Waals surface area contributed by atoms with Gasteiger partial charge >= 0.3 is 0 Å². The molecule has 0 amide bonds.